The van der Waals surface area contributed by atoms with Crippen LogP contribution in [0, 0.1) is 4.77 Å². The molecule has 0 bridgehead atoms. The van der Waals surface area contributed by atoms with Gasteiger partial charge in [-0.1, -0.05) is 6.07 Å². The molecule has 1 fully saturated rings. The molecule has 0 radical (unpaired) electrons. The van der Waals surface area contributed by atoms with Gasteiger partial charge >= 0.3 is 0 Å². The van der Waals surface area contributed by atoms with Crippen molar-refractivity contribution in [2.75, 3.05) is 18.6 Å². The molecule has 1 unspecified atom stereocenters. The third-order valence-electron chi connectivity index (χ3n) is 3.74. The lowest BCUT2D eigenvalue weighted by Crippen LogP contribution is -2.27. The van der Waals surface area contributed by atoms with Gasteiger partial charge in [0.15, 0.2) is 14.6 Å². The van der Waals surface area contributed by atoms with Gasteiger partial charge in [-0.25, -0.2) is 8.42 Å². The number of imidazole rings is 1. The zero-order valence-corrected chi connectivity index (χ0v) is 12.8. The van der Waals surface area contributed by atoms with Crippen molar-refractivity contribution >= 4 is 33.1 Å². The number of H-pyrrole nitrogens is 1. The Kier molecular flexibility index (Phi) is 3.33. The number of sulfone groups is 1. The van der Waals surface area contributed by atoms with Gasteiger partial charge in [-0.3, -0.25) is 0 Å². The second-order valence-corrected chi connectivity index (χ2v) is 7.68. The number of methoxy groups -OCH3 is 1. The van der Waals surface area contributed by atoms with Crippen LogP contribution < -0.4 is 4.74 Å². The van der Waals surface area contributed by atoms with Crippen LogP contribution in [0.4, 0.5) is 0 Å². The first-order valence-electron chi connectivity index (χ1n) is 6.49. The second-order valence-electron chi connectivity index (χ2n) is 5.06. The minimum absolute atomic E-state index is 0.0953. The number of benzene rings is 1. The smallest absolute Gasteiger partial charge is 0.178 e. The molecule has 5 nitrogen and oxygen atoms in total. The van der Waals surface area contributed by atoms with E-state index in [2.05, 4.69) is 4.98 Å². The van der Waals surface area contributed by atoms with Crippen LogP contribution in [0.25, 0.3) is 11.0 Å². The van der Waals surface area contributed by atoms with Crippen LogP contribution in [0.5, 0.6) is 5.75 Å². The number of aromatic nitrogens is 2. The molecule has 2 heterocycles. The molecule has 0 aliphatic carbocycles. The molecule has 3 rings (SSSR count). The average molecular weight is 312 g/mol. The summed E-state index contributed by atoms with van der Waals surface area (Å²) in [6.07, 6.45) is 1.52. The van der Waals surface area contributed by atoms with E-state index in [0.29, 0.717) is 16.9 Å². The van der Waals surface area contributed by atoms with Crippen molar-refractivity contribution in [1.29, 1.82) is 0 Å². The lowest BCUT2D eigenvalue weighted by molar-refractivity contribution is 0.419. The standard InChI is InChI=1S/C13H16N2O3S2/c1-18-11-6-2-5-10-12(11)14-13(19)15(10)9-4-3-7-20(16,17)8-9/h2,5-6,9H,3-4,7-8H2,1H3,(H,14,19). The minimum Gasteiger partial charge on any atom is -0.494 e. The number of fused-ring (bicyclic) bond motifs is 1. The Bertz CT molecular complexity index is 805. The van der Waals surface area contributed by atoms with Crippen molar-refractivity contribution < 1.29 is 13.2 Å². The van der Waals surface area contributed by atoms with Gasteiger partial charge in [-0.2, -0.15) is 0 Å². The highest BCUT2D eigenvalue weighted by Crippen LogP contribution is 2.31. The van der Waals surface area contributed by atoms with Gasteiger partial charge in [0.1, 0.15) is 11.3 Å². The number of aromatic amines is 1. The van der Waals surface area contributed by atoms with Crippen LogP contribution in [0.2, 0.25) is 0 Å². The van der Waals surface area contributed by atoms with Crippen LogP contribution in [0.1, 0.15) is 18.9 Å². The van der Waals surface area contributed by atoms with Crippen molar-refractivity contribution in [2.24, 2.45) is 0 Å². The largest absolute Gasteiger partial charge is 0.494 e. The molecular formula is C13H16N2O3S2. The van der Waals surface area contributed by atoms with Crippen molar-refractivity contribution in [3.8, 4) is 5.75 Å². The molecule has 108 valence electrons. The third kappa shape index (κ3) is 2.25. The monoisotopic (exact) mass is 312 g/mol. The second kappa shape index (κ2) is 4.89. The minimum atomic E-state index is -2.97. The topological polar surface area (TPSA) is 64.1 Å². The van der Waals surface area contributed by atoms with E-state index in [1.807, 2.05) is 22.8 Å². The lowest BCUT2D eigenvalue weighted by Gasteiger charge is -2.23. The molecule has 1 aromatic carbocycles. The lowest BCUT2D eigenvalue weighted by atomic mass is 10.1. The van der Waals surface area contributed by atoms with Crippen LogP contribution in [0.3, 0.4) is 0 Å². The van der Waals surface area contributed by atoms with E-state index >= 15 is 0 Å². The summed E-state index contributed by atoms with van der Waals surface area (Å²) in [6.45, 7) is 0. The van der Waals surface area contributed by atoms with Crippen LogP contribution in [0.15, 0.2) is 18.2 Å². The van der Waals surface area contributed by atoms with E-state index in [9.17, 15) is 8.42 Å². The first-order valence-corrected chi connectivity index (χ1v) is 8.72. The van der Waals surface area contributed by atoms with E-state index in [4.69, 9.17) is 17.0 Å². The third-order valence-corrected chi connectivity index (χ3v) is 5.84. The molecule has 0 saturated carbocycles. The number of nitrogens with zero attached hydrogens (tertiary/aromatic N) is 1. The Labute approximate surface area is 122 Å². The van der Waals surface area contributed by atoms with Gasteiger partial charge in [0.2, 0.25) is 0 Å². The molecule has 0 amide bonds. The molecular weight excluding hydrogens is 296 g/mol. The zero-order chi connectivity index (χ0) is 14.3. The first-order chi connectivity index (χ1) is 9.52. The van der Waals surface area contributed by atoms with E-state index in [1.165, 1.54) is 0 Å². The maximum Gasteiger partial charge on any atom is 0.178 e. The number of para-hydroxylation sites is 1. The normalized spacial score (nSPS) is 21.9. The Balaban J connectivity index is 2.17. The number of ether oxygens (including phenoxy) is 1. The highest BCUT2D eigenvalue weighted by atomic mass is 32.2. The van der Waals surface area contributed by atoms with E-state index in [1.54, 1.807) is 7.11 Å². The molecule has 20 heavy (non-hydrogen) atoms. The van der Waals surface area contributed by atoms with E-state index < -0.39 is 9.84 Å². The van der Waals surface area contributed by atoms with E-state index in [0.717, 1.165) is 17.5 Å². The molecule has 1 aliphatic rings. The average Bonchev–Trinajstić information content (AvgIpc) is 2.73. The first kappa shape index (κ1) is 13.6. The fourth-order valence-corrected chi connectivity index (χ4v) is 4.88. The number of hydrogen-bond acceptors (Lipinski definition) is 4. The highest BCUT2D eigenvalue weighted by molar-refractivity contribution is 7.91. The summed E-state index contributed by atoms with van der Waals surface area (Å²) in [5, 5.41) is 0. The van der Waals surface area contributed by atoms with Gasteiger partial charge in [-0.15, -0.1) is 0 Å². The summed E-state index contributed by atoms with van der Waals surface area (Å²) in [7, 11) is -1.37. The van der Waals surface area contributed by atoms with Gasteiger partial charge in [0, 0.05) is 0 Å². The van der Waals surface area contributed by atoms with Gasteiger partial charge in [0.25, 0.3) is 0 Å². The number of hydrogen-bond donors (Lipinski definition) is 1. The summed E-state index contributed by atoms with van der Waals surface area (Å²) in [5.74, 6) is 1.15. The Morgan fingerprint density at radius 2 is 2.25 bits per heavy atom. The van der Waals surface area contributed by atoms with Gasteiger partial charge in [-0.05, 0) is 37.2 Å². The van der Waals surface area contributed by atoms with Crippen molar-refractivity contribution in [1.82, 2.24) is 9.55 Å². The Hall–Kier alpha value is -1.34. The quantitative estimate of drug-likeness (QED) is 0.865. The van der Waals surface area contributed by atoms with E-state index in [-0.39, 0.29) is 17.5 Å². The number of rotatable bonds is 2. The van der Waals surface area contributed by atoms with Crippen molar-refractivity contribution in [3.05, 3.63) is 23.0 Å². The van der Waals surface area contributed by atoms with Crippen LogP contribution in [-0.2, 0) is 9.84 Å². The van der Waals surface area contributed by atoms with Gasteiger partial charge < -0.3 is 14.3 Å². The molecule has 1 N–H and O–H groups in total. The maximum absolute atomic E-state index is 11.8. The van der Waals surface area contributed by atoms with Crippen LogP contribution >= 0.6 is 12.2 Å². The summed E-state index contributed by atoms with van der Waals surface area (Å²) >= 11 is 5.37. The fraction of sp³-hybridized carbons (Fsp3) is 0.462. The molecule has 0 spiro atoms. The zero-order valence-electron chi connectivity index (χ0n) is 11.1. The molecule has 1 aromatic heterocycles. The Morgan fingerprint density at radius 1 is 1.45 bits per heavy atom. The SMILES string of the molecule is COc1cccc2c1[nH]c(=S)n2C1CCCS(=O)(=O)C1. The summed E-state index contributed by atoms with van der Waals surface area (Å²) < 4.78 is 31.5. The highest BCUT2D eigenvalue weighted by Gasteiger charge is 2.27. The molecule has 7 heteroatoms. The summed E-state index contributed by atoms with van der Waals surface area (Å²) in [5.41, 5.74) is 1.72. The van der Waals surface area contributed by atoms with Gasteiger partial charge in [0.05, 0.1) is 30.2 Å². The molecule has 1 aliphatic heterocycles. The summed E-state index contributed by atoms with van der Waals surface area (Å²) in [6, 6.07) is 5.58. The van der Waals surface area contributed by atoms with Crippen molar-refractivity contribution in [2.45, 2.75) is 18.9 Å². The number of nitrogens with one attached hydrogen (secondary N) is 1. The fourth-order valence-electron chi connectivity index (χ4n) is 2.86. The predicted octanol–water partition coefficient (Wildman–Crippen LogP) is 2.46. The molecule has 1 saturated heterocycles. The van der Waals surface area contributed by atoms with Crippen molar-refractivity contribution in [3.63, 3.8) is 0 Å². The Morgan fingerprint density at radius 3 is 2.95 bits per heavy atom. The molecule has 2 aromatic rings. The van der Waals surface area contributed by atoms with Crippen LogP contribution in [-0.4, -0.2) is 36.6 Å². The predicted molar refractivity (Wildman–Crippen MR) is 80.6 cm³/mol. The summed E-state index contributed by atoms with van der Waals surface area (Å²) in [4.78, 5) is 3.13. The maximum atomic E-state index is 11.8. The molecule has 1 atom stereocenters.